The molecule has 1 fully saturated rings. The van der Waals surface area contributed by atoms with E-state index in [0.717, 1.165) is 11.1 Å². The Balaban J connectivity index is 1.14. The second-order valence-electron chi connectivity index (χ2n) is 16.3. The number of rotatable bonds is 12. The molecule has 2 amide bonds. The number of amides is 2. The van der Waals surface area contributed by atoms with E-state index in [1.807, 2.05) is 19.2 Å². The zero-order valence-electron chi connectivity index (χ0n) is 31.8. The number of alkyl carbamates (subject to hydrolysis) is 1. The van der Waals surface area contributed by atoms with Crippen molar-refractivity contribution in [2.75, 3.05) is 20.1 Å². The molecule has 2 aliphatic heterocycles. The van der Waals surface area contributed by atoms with Crippen molar-refractivity contribution in [1.82, 2.24) is 15.5 Å². The molecule has 5 rings (SSSR count). The summed E-state index contributed by atoms with van der Waals surface area (Å²) in [5.74, 6) is -2.07. The number of benzene rings is 1. The molecule has 0 aromatic heterocycles. The molecule has 2 aliphatic carbocycles. The fourth-order valence-corrected chi connectivity index (χ4v) is 7.87. The molecule has 53 heavy (non-hydrogen) atoms. The molecule has 2 bridgehead atoms. The molecular weight excluding hydrogens is 690 g/mol. The van der Waals surface area contributed by atoms with Crippen molar-refractivity contribution in [1.29, 1.82) is 0 Å². The maximum absolute atomic E-state index is 13.3. The Morgan fingerprint density at radius 1 is 1.04 bits per heavy atom. The van der Waals surface area contributed by atoms with E-state index in [0.29, 0.717) is 30.7 Å². The van der Waals surface area contributed by atoms with Gasteiger partial charge in [-0.1, -0.05) is 12.1 Å². The highest BCUT2D eigenvalue weighted by atomic mass is 16.6. The third-order valence-corrected chi connectivity index (χ3v) is 10.2. The van der Waals surface area contributed by atoms with Gasteiger partial charge in [0.2, 0.25) is 5.91 Å². The molecule has 6 atom stereocenters. The van der Waals surface area contributed by atoms with Gasteiger partial charge in [0, 0.05) is 36.6 Å². The van der Waals surface area contributed by atoms with Crippen LogP contribution in [0.1, 0.15) is 97.3 Å². The summed E-state index contributed by atoms with van der Waals surface area (Å²) in [6, 6.07) is 2.46. The molecule has 0 radical (unpaired) electrons. The monoisotopic (exact) mass is 743 g/mol. The minimum Gasteiger partial charge on any atom is -0.481 e. The summed E-state index contributed by atoms with van der Waals surface area (Å²) < 4.78 is 28.3. The highest BCUT2D eigenvalue weighted by Gasteiger charge is 2.72. The van der Waals surface area contributed by atoms with E-state index in [2.05, 4.69) is 15.5 Å². The fourth-order valence-electron chi connectivity index (χ4n) is 7.87. The first-order chi connectivity index (χ1) is 24.7. The van der Waals surface area contributed by atoms with E-state index in [1.165, 1.54) is 6.92 Å². The Morgan fingerprint density at radius 3 is 2.40 bits per heavy atom. The van der Waals surface area contributed by atoms with Gasteiger partial charge in [-0.2, -0.15) is 0 Å². The van der Waals surface area contributed by atoms with E-state index < -0.39 is 70.4 Å². The highest BCUT2D eigenvalue weighted by molar-refractivity contribution is 5.84. The predicted octanol–water partition coefficient (Wildman–Crippen LogP) is 2.45. The lowest BCUT2D eigenvalue weighted by Crippen LogP contribution is -2.74. The zero-order chi connectivity index (χ0) is 39.1. The van der Waals surface area contributed by atoms with Gasteiger partial charge < -0.3 is 49.4 Å². The summed E-state index contributed by atoms with van der Waals surface area (Å²) in [5, 5.41) is 27.5. The first-order valence-corrected chi connectivity index (χ1v) is 18.1. The second-order valence-corrected chi connectivity index (χ2v) is 16.3. The molecule has 1 aromatic carbocycles. The van der Waals surface area contributed by atoms with Gasteiger partial charge in [-0.25, -0.2) is 14.4 Å². The number of ether oxygens (including phenoxy) is 5. The fraction of sp³-hybridized carbons (Fsp3) is 0.658. The standard InChI is InChI=1S/C38H53N3O12/c1-21(49-28(44)14-17-39-27(43)12-11-24(33(46)52-35(2,3)4)40-34(47)53-36(5,6)7)32(45)50-25-13-15-38(48)26-19-22-9-10-23(20-42)30-29(22)37(38,31(25)51-30)16-18-41(26)8/h9-10,13,21,24,26,31,42,48H,11-12,14-20H2,1-8H3,(H,39,43)(H,40,47)/t21-,24-,26+,31-,37-,38+/m0/s1. The maximum atomic E-state index is 13.3. The highest BCUT2D eigenvalue weighted by Crippen LogP contribution is 2.64. The molecule has 15 heteroatoms. The van der Waals surface area contributed by atoms with Gasteiger partial charge in [0.25, 0.3) is 0 Å². The third-order valence-electron chi connectivity index (χ3n) is 10.2. The number of likely N-dealkylation sites (N-methyl/N-ethyl adjacent to an activating group) is 1. The predicted molar refractivity (Wildman–Crippen MR) is 188 cm³/mol. The van der Waals surface area contributed by atoms with E-state index in [-0.39, 0.29) is 50.6 Å². The first-order valence-electron chi connectivity index (χ1n) is 18.1. The van der Waals surface area contributed by atoms with Gasteiger partial charge in [-0.05, 0) is 93.0 Å². The Morgan fingerprint density at radius 2 is 1.74 bits per heavy atom. The lowest BCUT2D eigenvalue weighted by Gasteiger charge is -2.61. The summed E-state index contributed by atoms with van der Waals surface area (Å²) >= 11 is 0. The van der Waals surface area contributed by atoms with Crippen LogP contribution in [0.25, 0.3) is 0 Å². The number of hydrogen-bond acceptors (Lipinski definition) is 13. The normalized spacial score (nSPS) is 25.4. The molecule has 4 aliphatic rings. The maximum Gasteiger partial charge on any atom is 0.408 e. The molecule has 1 saturated heterocycles. The Bertz CT molecular complexity index is 1660. The minimum atomic E-state index is -1.30. The van der Waals surface area contributed by atoms with Crippen LogP contribution >= 0.6 is 0 Å². The van der Waals surface area contributed by atoms with Crippen LogP contribution in [0.4, 0.5) is 4.79 Å². The largest absolute Gasteiger partial charge is 0.481 e. The Kier molecular flexibility index (Phi) is 11.2. The minimum absolute atomic E-state index is 0.0857. The van der Waals surface area contributed by atoms with Gasteiger partial charge in [-0.15, -0.1) is 0 Å². The van der Waals surface area contributed by atoms with E-state index >= 15 is 0 Å². The van der Waals surface area contributed by atoms with Crippen LogP contribution in [0.3, 0.4) is 0 Å². The number of carbonyl (C=O) groups excluding carboxylic acids is 5. The molecule has 15 nitrogen and oxygen atoms in total. The van der Waals surface area contributed by atoms with Crippen molar-refractivity contribution in [3.05, 3.63) is 40.7 Å². The molecular formula is C38H53N3O12. The average Bonchev–Trinajstić information content (AvgIpc) is 3.40. The quantitative estimate of drug-likeness (QED) is 0.180. The number of aliphatic hydroxyl groups is 2. The van der Waals surface area contributed by atoms with Crippen LogP contribution in [-0.4, -0.2) is 106 Å². The number of aliphatic hydroxyl groups excluding tert-OH is 1. The van der Waals surface area contributed by atoms with Crippen molar-refractivity contribution in [2.45, 2.75) is 140 Å². The number of esters is 3. The van der Waals surface area contributed by atoms with Gasteiger partial charge >= 0.3 is 24.0 Å². The Hall–Kier alpha value is -4.21. The van der Waals surface area contributed by atoms with Crippen molar-refractivity contribution in [3.63, 3.8) is 0 Å². The molecule has 0 saturated carbocycles. The van der Waals surface area contributed by atoms with Gasteiger partial charge in [-0.3, -0.25) is 9.59 Å². The zero-order valence-corrected chi connectivity index (χ0v) is 31.8. The topological polar surface area (TPSA) is 199 Å². The molecule has 2 heterocycles. The van der Waals surface area contributed by atoms with Crippen LogP contribution < -0.4 is 15.4 Å². The smallest absolute Gasteiger partial charge is 0.408 e. The van der Waals surface area contributed by atoms with Gasteiger partial charge in [0.05, 0.1) is 24.0 Å². The van der Waals surface area contributed by atoms with Crippen LogP contribution in [0, 0.1) is 0 Å². The molecule has 4 N–H and O–H groups in total. The summed E-state index contributed by atoms with van der Waals surface area (Å²) in [6.45, 7) is 11.8. The lowest BCUT2D eigenvalue weighted by molar-refractivity contribution is -0.175. The summed E-state index contributed by atoms with van der Waals surface area (Å²) in [4.78, 5) is 65.7. The van der Waals surface area contributed by atoms with Crippen LogP contribution in [-0.2, 0) is 56.6 Å². The molecule has 1 aromatic rings. The first kappa shape index (κ1) is 40.0. The number of piperidine rings is 1. The van der Waals surface area contributed by atoms with Crippen molar-refractivity contribution < 1.29 is 57.9 Å². The number of carbonyl (C=O) groups is 5. The SMILES string of the molecule is C[C@H](OC(=O)CCNC(=O)CC[C@H](NC(=O)OC(C)(C)C)C(=O)OC(C)(C)C)C(=O)OC1=CC[C@@]2(O)[C@H]3Cc4ccc(CO)c5c4[C@@]2(CCN3C)[C@H]1O5. The van der Waals surface area contributed by atoms with E-state index in [1.54, 1.807) is 47.6 Å². The average molecular weight is 744 g/mol. The number of likely N-dealkylation sites (tertiary alicyclic amines) is 1. The molecule has 292 valence electrons. The second kappa shape index (κ2) is 14.9. The van der Waals surface area contributed by atoms with Crippen molar-refractivity contribution >= 4 is 29.9 Å². The van der Waals surface area contributed by atoms with Gasteiger partial charge in [0.1, 0.15) is 28.8 Å². The van der Waals surface area contributed by atoms with E-state index in [4.69, 9.17) is 23.7 Å². The Labute approximate surface area is 309 Å². The number of hydrogen-bond donors (Lipinski definition) is 4. The van der Waals surface area contributed by atoms with E-state index in [9.17, 15) is 34.2 Å². The molecule has 1 spiro atoms. The number of nitrogens with one attached hydrogen (secondary N) is 2. The van der Waals surface area contributed by atoms with Crippen LogP contribution in [0.5, 0.6) is 5.75 Å². The third kappa shape index (κ3) is 8.16. The van der Waals surface area contributed by atoms with Crippen LogP contribution in [0.2, 0.25) is 0 Å². The van der Waals surface area contributed by atoms with Crippen molar-refractivity contribution in [3.8, 4) is 5.75 Å². The number of nitrogens with zero attached hydrogens (tertiary/aromatic N) is 1. The van der Waals surface area contributed by atoms with Crippen molar-refractivity contribution in [2.24, 2.45) is 0 Å². The van der Waals surface area contributed by atoms with Crippen LogP contribution in [0.15, 0.2) is 24.0 Å². The summed E-state index contributed by atoms with van der Waals surface area (Å²) in [7, 11) is 1.99. The lowest BCUT2D eigenvalue weighted by atomic mass is 9.50. The molecule has 0 unspecified atom stereocenters. The van der Waals surface area contributed by atoms with Gasteiger partial charge in [0.15, 0.2) is 12.2 Å². The summed E-state index contributed by atoms with van der Waals surface area (Å²) in [6.07, 6.45) is -0.413. The summed E-state index contributed by atoms with van der Waals surface area (Å²) in [5.41, 5.74) is -1.23.